The molecule has 0 heterocycles. The molecular weight excluding hydrogens is 1030 g/mol. The topological polar surface area (TPSA) is 0 Å². The molecule has 0 aliphatic heterocycles. The van der Waals surface area contributed by atoms with Crippen LogP contribution in [0, 0.1) is 69.2 Å². The highest BCUT2D eigenvalue weighted by Gasteiger charge is 1.99. The van der Waals surface area contributed by atoms with Crippen molar-refractivity contribution < 1.29 is 0 Å². The van der Waals surface area contributed by atoms with Crippen LogP contribution < -0.4 is 0 Å². The number of hydrogen-bond donors (Lipinski definition) is 0. The van der Waals surface area contributed by atoms with E-state index in [1.807, 2.05) is 164 Å². The molecule has 0 aromatic heterocycles. The second-order valence-electron chi connectivity index (χ2n) is 16.5. The summed E-state index contributed by atoms with van der Waals surface area (Å²) in [5.41, 5.74) is 21.1. The summed E-state index contributed by atoms with van der Waals surface area (Å²) in [5.74, 6) is 0. The smallest absolute Gasteiger partial charge is 0.0155 e. The molecule has 0 fully saturated rings. The number of hydrogen-bond acceptors (Lipinski definition) is 0. The minimum Gasteiger partial charge on any atom is -0.0683 e. The van der Waals surface area contributed by atoms with Gasteiger partial charge >= 0.3 is 0 Å². The first kappa shape index (κ1) is 95.3. The molecule has 0 bridgehead atoms. The van der Waals surface area contributed by atoms with E-state index in [1.165, 1.54) is 89.0 Å². The van der Waals surface area contributed by atoms with Gasteiger partial charge in [0.2, 0.25) is 0 Å². The first-order valence-electron chi connectivity index (χ1n) is 33.3. The quantitative estimate of drug-likeness (QED) is 0.165. The Balaban J connectivity index is -0.000000134. The zero-order valence-corrected chi connectivity index (χ0v) is 61.9. The van der Waals surface area contributed by atoms with Gasteiger partial charge in [-0.3, -0.25) is 0 Å². The molecule has 9 aromatic carbocycles. The largest absolute Gasteiger partial charge is 0.0683 e. The number of benzene rings is 9. The van der Waals surface area contributed by atoms with E-state index >= 15 is 0 Å². The monoisotopic (exact) mass is 1170 g/mol. The van der Waals surface area contributed by atoms with Crippen molar-refractivity contribution in [1.82, 2.24) is 0 Å². The van der Waals surface area contributed by atoms with E-state index in [0.29, 0.717) is 0 Å². The molecule has 0 unspecified atom stereocenters. The van der Waals surface area contributed by atoms with Crippen LogP contribution in [0.5, 0.6) is 0 Å². The van der Waals surface area contributed by atoms with Crippen LogP contribution in [0.4, 0.5) is 0 Å². The number of aryl methyl sites for hydroxylation is 10. The van der Waals surface area contributed by atoms with Gasteiger partial charge in [-0.25, -0.2) is 0 Å². The van der Waals surface area contributed by atoms with E-state index in [9.17, 15) is 0 Å². The summed E-state index contributed by atoms with van der Waals surface area (Å²) in [6.45, 7) is 65.1. The van der Waals surface area contributed by atoms with E-state index in [2.05, 4.69) is 288 Å². The Kier molecular flexibility index (Phi) is 82.1. The van der Waals surface area contributed by atoms with Crippen molar-refractivity contribution in [3.63, 3.8) is 0 Å². The van der Waals surface area contributed by atoms with E-state index in [4.69, 9.17) is 0 Å². The number of rotatable bonds is 3. The molecule has 0 aliphatic rings. The van der Waals surface area contributed by atoms with Gasteiger partial charge in [-0.15, -0.1) is 0 Å². The van der Waals surface area contributed by atoms with Crippen LogP contribution in [0.15, 0.2) is 231 Å². The average Bonchev–Trinajstić information content (AvgIpc) is 3.78. The molecular formula is C86H134. The second kappa shape index (κ2) is 74.1. The molecule has 0 radical (unpaired) electrons. The molecule has 0 nitrogen and oxygen atoms in total. The molecule has 0 saturated heterocycles. The Morgan fingerprint density at radius 3 is 0.628 bits per heavy atom. The van der Waals surface area contributed by atoms with Crippen molar-refractivity contribution in [2.75, 3.05) is 0 Å². The molecule has 0 amide bonds. The van der Waals surface area contributed by atoms with Gasteiger partial charge in [-0.05, 0) is 119 Å². The Morgan fingerprint density at radius 2 is 0.360 bits per heavy atom. The predicted molar refractivity (Wildman–Crippen MR) is 407 cm³/mol. The van der Waals surface area contributed by atoms with Crippen molar-refractivity contribution in [2.45, 2.75) is 222 Å². The lowest BCUT2D eigenvalue weighted by molar-refractivity contribution is 1.34. The lowest BCUT2D eigenvalue weighted by Gasteiger charge is -2.04. The van der Waals surface area contributed by atoms with E-state index < -0.39 is 0 Å². The Labute approximate surface area is 538 Å². The van der Waals surface area contributed by atoms with Gasteiger partial charge in [0.05, 0.1) is 0 Å². The summed E-state index contributed by atoms with van der Waals surface area (Å²) in [5, 5.41) is 0. The highest BCUT2D eigenvalue weighted by molar-refractivity contribution is 5.67. The fourth-order valence-corrected chi connectivity index (χ4v) is 6.57. The SMILES string of the molecule is CC.CC.CC.CC.CC.CC.CC.CC.CC.CC.CC.Cc1ccc(-c2ccc(C)cc2)cc1.Cc1ccc(C)cc1.Cc1cccc(-c2ccccc2)c1.Cc1cccc(C)c1.Cc1ccccc1-c1ccccc1.Cc1ccccc1C. The molecule has 478 valence electrons. The van der Waals surface area contributed by atoms with Crippen LogP contribution in [-0.4, -0.2) is 0 Å². The van der Waals surface area contributed by atoms with Crippen molar-refractivity contribution in [1.29, 1.82) is 0 Å². The van der Waals surface area contributed by atoms with Gasteiger partial charge in [0.1, 0.15) is 0 Å². The molecule has 9 aromatic rings. The molecule has 9 rings (SSSR count). The maximum atomic E-state index is 2.20. The van der Waals surface area contributed by atoms with Crippen LogP contribution in [-0.2, 0) is 0 Å². The zero-order valence-electron chi connectivity index (χ0n) is 61.9. The molecule has 0 spiro atoms. The van der Waals surface area contributed by atoms with Gasteiger partial charge < -0.3 is 0 Å². The van der Waals surface area contributed by atoms with Crippen molar-refractivity contribution in [3.8, 4) is 33.4 Å². The third-order valence-electron chi connectivity index (χ3n) is 10.6. The summed E-state index contributed by atoms with van der Waals surface area (Å²) < 4.78 is 0. The maximum Gasteiger partial charge on any atom is -0.0155 e. The van der Waals surface area contributed by atoms with Gasteiger partial charge in [0.15, 0.2) is 0 Å². The highest BCUT2D eigenvalue weighted by atomic mass is 14.0. The van der Waals surface area contributed by atoms with Gasteiger partial charge in [-0.1, -0.05) is 422 Å². The van der Waals surface area contributed by atoms with Crippen molar-refractivity contribution in [2.24, 2.45) is 0 Å². The van der Waals surface area contributed by atoms with Crippen molar-refractivity contribution >= 4 is 0 Å². The third kappa shape index (κ3) is 51.4. The summed E-state index contributed by atoms with van der Waals surface area (Å²) in [7, 11) is 0. The minimum atomic E-state index is 1.28. The molecule has 0 N–H and O–H groups in total. The molecule has 0 aliphatic carbocycles. The summed E-state index contributed by atoms with van der Waals surface area (Å²) >= 11 is 0. The Hall–Kier alpha value is -7.02. The molecule has 0 heteroatoms. The van der Waals surface area contributed by atoms with Crippen molar-refractivity contribution in [3.05, 3.63) is 286 Å². The third-order valence-corrected chi connectivity index (χ3v) is 10.6. The van der Waals surface area contributed by atoms with Gasteiger partial charge in [-0.2, -0.15) is 0 Å². The van der Waals surface area contributed by atoms with Crippen LogP contribution in [0.3, 0.4) is 0 Å². The molecule has 0 atom stereocenters. The van der Waals surface area contributed by atoms with Crippen LogP contribution in [0.2, 0.25) is 0 Å². The predicted octanol–water partition coefficient (Wildman–Crippen LogP) is 29.5. The second-order valence-corrected chi connectivity index (χ2v) is 16.5. The molecule has 0 saturated carbocycles. The standard InChI is InChI=1S/C14H14.2C13H12.3C8H10.11C2H6/c1-11-3-7-13(8-4-11)14-9-5-12(2)6-10-14;1-11-7-5-6-10-13(11)12-8-3-2-4-9-12;1-11-6-5-9-13(10-11)12-7-3-2-4-8-12;1-7-3-5-8(2)6-4-7;1-7-4-3-5-8(2)6-7;1-7-5-3-4-6-8(7)2;11*1-2/h3-10H,1-2H3;2*2-10H,1H3;3*3-6H,1-2H3;11*1-2H3. The summed E-state index contributed by atoms with van der Waals surface area (Å²) in [6.07, 6.45) is 0. The Bertz CT molecular complexity index is 2550. The minimum absolute atomic E-state index is 1.28. The maximum absolute atomic E-state index is 2.20. The lowest BCUT2D eigenvalue weighted by Crippen LogP contribution is -1.80. The first-order valence-corrected chi connectivity index (χ1v) is 33.3. The average molecular weight is 1170 g/mol. The van der Waals surface area contributed by atoms with Gasteiger partial charge in [0.25, 0.3) is 0 Å². The van der Waals surface area contributed by atoms with Gasteiger partial charge in [0, 0.05) is 0 Å². The Morgan fingerprint density at radius 1 is 0.140 bits per heavy atom. The van der Waals surface area contributed by atoms with Crippen LogP contribution >= 0.6 is 0 Å². The van der Waals surface area contributed by atoms with Crippen LogP contribution in [0.1, 0.15) is 208 Å². The van der Waals surface area contributed by atoms with E-state index in [-0.39, 0.29) is 0 Å². The lowest BCUT2D eigenvalue weighted by atomic mass is 10.0. The van der Waals surface area contributed by atoms with E-state index in [0.717, 1.165) is 0 Å². The highest BCUT2D eigenvalue weighted by Crippen LogP contribution is 2.23. The zero-order chi connectivity index (χ0) is 68.1. The fourth-order valence-electron chi connectivity index (χ4n) is 6.57. The van der Waals surface area contributed by atoms with Crippen LogP contribution in [0.25, 0.3) is 33.4 Å². The van der Waals surface area contributed by atoms with E-state index in [1.54, 1.807) is 0 Å². The summed E-state index contributed by atoms with van der Waals surface area (Å²) in [6, 6.07) is 80.5. The molecule has 86 heavy (non-hydrogen) atoms. The fraction of sp³-hybridized carbons (Fsp3) is 0.372. The normalized spacial score (nSPS) is 8.00. The first-order chi connectivity index (χ1) is 41.9. The summed E-state index contributed by atoms with van der Waals surface area (Å²) in [4.78, 5) is 0.